The number of hydrogen-bond donors (Lipinski definition) is 2. The zero-order valence-corrected chi connectivity index (χ0v) is 17.6. The molecule has 0 aliphatic carbocycles. The van der Waals surface area contributed by atoms with Gasteiger partial charge in [0.15, 0.2) is 11.5 Å². The molecule has 0 fully saturated rings. The first kappa shape index (κ1) is 21.2. The summed E-state index contributed by atoms with van der Waals surface area (Å²) in [4.78, 5) is 12.6. The number of carbonyl (C=O) groups excluding carboxylic acids is 1. The van der Waals surface area contributed by atoms with E-state index in [1.165, 1.54) is 38.5 Å². The van der Waals surface area contributed by atoms with Crippen LogP contribution in [0.25, 0.3) is 0 Å². The predicted octanol–water partition coefficient (Wildman–Crippen LogP) is 4.07. The van der Waals surface area contributed by atoms with Crippen LogP contribution in [-0.2, 0) is 10.0 Å². The van der Waals surface area contributed by atoms with Gasteiger partial charge in [0.05, 0.1) is 24.8 Å². The monoisotopic (exact) mass is 426 g/mol. The molecule has 2 N–H and O–H groups in total. The van der Waals surface area contributed by atoms with Crippen molar-refractivity contribution in [1.82, 2.24) is 0 Å². The van der Waals surface area contributed by atoms with E-state index >= 15 is 0 Å². The summed E-state index contributed by atoms with van der Waals surface area (Å²) in [7, 11) is -0.738. The van der Waals surface area contributed by atoms with E-state index in [0.717, 1.165) is 5.56 Å². The lowest BCUT2D eigenvalue weighted by molar-refractivity contribution is 0.102. The summed E-state index contributed by atoms with van der Waals surface area (Å²) >= 11 is 0. The van der Waals surface area contributed by atoms with Gasteiger partial charge in [-0.1, -0.05) is 18.2 Å². The van der Waals surface area contributed by atoms with Gasteiger partial charge < -0.3 is 14.8 Å². The number of nitrogens with one attached hydrogen (secondary N) is 2. The molecule has 0 atom stereocenters. The summed E-state index contributed by atoms with van der Waals surface area (Å²) in [6.45, 7) is 1.82. The van der Waals surface area contributed by atoms with E-state index in [1.807, 2.05) is 19.1 Å². The van der Waals surface area contributed by atoms with E-state index in [-0.39, 0.29) is 10.8 Å². The molecule has 30 heavy (non-hydrogen) atoms. The third kappa shape index (κ3) is 4.72. The maximum Gasteiger partial charge on any atom is 0.261 e. The van der Waals surface area contributed by atoms with Crippen LogP contribution in [0, 0.1) is 6.92 Å². The largest absolute Gasteiger partial charge is 0.493 e. The van der Waals surface area contributed by atoms with Gasteiger partial charge in [-0.25, -0.2) is 8.42 Å². The van der Waals surface area contributed by atoms with Crippen LogP contribution in [0.1, 0.15) is 15.9 Å². The molecular weight excluding hydrogens is 404 g/mol. The van der Waals surface area contributed by atoms with Crippen molar-refractivity contribution in [2.45, 2.75) is 11.8 Å². The van der Waals surface area contributed by atoms with Crippen molar-refractivity contribution in [1.29, 1.82) is 0 Å². The minimum absolute atomic E-state index is 0.0925. The standard InChI is InChI=1S/C22H22N2O5S/c1-15-6-4-5-7-19(15)24-30(26,27)18-11-9-17(10-12-18)23-22(25)16-8-13-20(28-2)21(14-16)29-3/h4-14,24H,1-3H3,(H,23,25). The number of hydrogen-bond acceptors (Lipinski definition) is 5. The van der Waals surface area contributed by atoms with Gasteiger partial charge >= 0.3 is 0 Å². The molecule has 0 bridgehead atoms. The molecule has 0 unspecified atom stereocenters. The number of rotatable bonds is 7. The minimum atomic E-state index is -3.74. The lowest BCUT2D eigenvalue weighted by atomic mass is 10.2. The van der Waals surface area contributed by atoms with E-state index in [9.17, 15) is 13.2 Å². The van der Waals surface area contributed by atoms with Crippen molar-refractivity contribution in [2.75, 3.05) is 24.3 Å². The second-order valence-electron chi connectivity index (χ2n) is 6.47. The van der Waals surface area contributed by atoms with Gasteiger partial charge in [0, 0.05) is 11.3 Å². The van der Waals surface area contributed by atoms with E-state index in [0.29, 0.717) is 28.4 Å². The molecule has 8 heteroatoms. The van der Waals surface area contributed by atoms with E-state index < -0.39 is 10.0 Å². The maximum absolute atomic E-state index is 12.6. The first-order valence-corrected chi connectivity index (χ1v) is 10.5. The molecule has 3 aromatic carbocycles. The average molecular weight is 426 g/mol. The number of benzene rings is 3. The number of ether oxygens (including phenoxy) is 2. The maximum atomic E-state index is 12.6. The van der Waals surface area contributed by atoms with Gasteiger partial charge in [-0.15, -0.1) is 0 Å². The summed E-state index contributed by atoms with van der Waals surface area (Å²) in [6.07, 6.45) is 0. The van der Waals surface area contributed by atoms with Gasteiger partial charge in [0.1, 0.15) is 0 Å². The highest BCUT2D eigenvalue weighted by atomic mass is 32.2. The topological polar surface area (TPSA) is 93.7 Å². The van der Waals surface area contributed by atoms with Crippen molar-refractivity contribution >= 4 is 27.3 Å². The molecule has 0 radical (unpaired) electrons. The van der Waals surface area contributed by atoms with Crippen LogP contribution in [0.5, 0.6) is 11.5 Å². The summed E-state index contributed by atoms with van der Waals surface area (Å²) < 4.78 is 38.2. The Morgan fingerprint density at radius 3 is 2.17 bits per heavy atom. The average Bonchev–Trinajstić information content (AvgIpc) is 2.75. The highest BCUT2D eigenvalue weighted by molar-refractivity contribution is 7.92. The molecule has 0 aliphatic rings. The number of amides is 1. The van der Waals surface area contributed by atoms with Crippen molar-refractivity contribution in [3.05, 3.63) is 77.9 Å². The molecule has 3 aromatic rings. The highest BCUT2D eigenvalue weighted by Crippen LogP contribution is 2.28. The lowest BCUT2D eigenvalue weighted by Crippen LogP contribution is -2.14. The smallest absolute Gasteiger partial charge is 0.261 e. The molecule has 0 saturated carbocycles. The highest BCUT2D eigenvalue weighted by Gasteiger charge is 2.16. The third-order valence-electron chi connectivity index (χ3n) is 4.46. The van der Waals surface area contributed by atoms with Crippen LogP contribution in [0.3, 0.4) is 0 Å². The Hall–Kier alpha value is -3.52. The van der Waals surface area contributed by atoms with Gasteiger partial charge in [-0.05, 0) is 61.0 Å². The first-order valence-electron chi connectivity index (χ1n) is 9.06. The number of sulfonamides is 1. The van der Waals surface area contributed by atoms with Crippen molar-refractivity contribution in [2.24, 2.45) is 0 Å². The van der Waals surface area contributed by atoms with Gasteiger partial charge in [-0.3, -0.25) is 9.52 Å². The summed E-state index contributed by atoms with van der Waals surface area (Å²) in [5.41, 5.74) is 2.18. The van der Waals surface area contributed by atoms with Crippen molar-refractivity contribution < 1.29 is 22.7 Å². The zero-order valence-electron chi connectivity index (χ0n) is 16.8. The van der Waals surface area contributed by atoms with Crippen molar-refractivity contribution in [3.63, 3.8) is 0 Å². The molecule has 0 spiro atoms. The van der Waals surface area contributed by atoms with Crippen LogP contribution in [0.4, 0.5) is 11.4 Å². The number of methoxy groups -OCH3 is 2. The SMILES string of the molecule is COc1ccc(C(=O)Nc2ccc(S(=O)(=O)Nc3ccccc3C)cc2)cc1OC. The molecule has 0 aliphatic heterocycles. The molecule has 3 rings (SSSR count). The van der Waals surface area contributed by atoms with Crippen LogP contribution in [0.15, 0.2) is 71.6 Å². The fourth-order valence-electron chi connectivity index (χ4n) is 2.79. The lowest BCUT2D eigenvalue weighted by Gasteiger charge is -2.12. The molecule has 0 aromatic heterocycles. The van der Waals surface area contributed by atoms with Crippen LogP contribution < -0.4 is 19.5 Å². The summed E-state index contributed by atoms with van der Waals surface area (Å²) in [5.74, 6) is 0.600. The Balaban J connectivity index is 1.74. The molecular formula is C22H22N2O5S. The number of aryl methyl sites for hydroxylation is 1. The van der Waals surface area contributed by atoms with Crippen LogP contribution in [0.2, 0.25) is 0 Å². The summed E-state index contributed by atoms with van der Waals surface area (Å²) in [6, 6.07) is 17.9. The van der Waals surface area contributed by atoms with E-state index in [4.69, 9.17) is 9.47 Å². The number of para-hydroxylation sites is 1. The van der Waals surface area contributed by atoms with Crippen molar-refractivity contribution in [3.8, 4) is 11.5 Å². The quantitative estimate of drug-likeness (QED) is 0.594. The number of carbonyl (C=O) groups is 1. The van der Waals surface area contributed by atoms with E-state index in [2.05, 4.69) is 10.0 Å². The Morgan fingerprint density at radius 2 is 1.53 bits per heavy atom. The fourth-order valence-corrected chi connectivity index (χ4v) is 3.92. The molecule has 7 nitrogen and oxygen atoms in total. The summed E-state index contributed by atoms with van der Waals surface area (Å²) in [5, 5.41) is 2.73. The Labute approximate surface area is 175 Å². The fraction of sp³-hybridized carbons (Fsp3) is 0.136. The number of anilines is 2. The van der Waals surface area contributed by atoms with Crippen LogP contribution in [-0.4, -0.2) is 28.5 Å². The minimum Gasteiger partial charge on any atom is -0.493 e. The van der Waals surface area contributed by atoms with Gasteiger partial charge in [0.2, 0.25) is 0 Å². The zero-order chi connectivity index (χ0) is 21.7. The van der Waals surface area contributed by atoms with Crippen LogP contribution >= 0.6 is 0 Å². The normalized spacial score (nSPS) is 10.9. The molecule has 1 amide bonds. The molecule has 0 heterocycles. The predicted molar refractivity (Wildman–Crippen MR) is 116 cm³/mol. The first-order chi connectivity index (χ1) is 14.3. The van der Waals surface area contributed by atoms with E-state index in [1.54, 1.807) is 30.3 Å². The second kappa shape index (κ2) is 8.87. The molecule has 0 saturated heterocycles. The Morgan fingerprint density at radius 1 is 0.867 bits per heavy atom. The molecule has 156 valence electrons. The Kier molecular flexibility index (Phi) is 6.27. The van der Waals surface area contributed by atoms with Gasteiger partial charge in [0.25, 0.3) is 15.9 Å². The van der Waals surface area contributed by atoms with Gasteiger partial charge in [-0.2, -0.15) is 0 Å². The third-order valence-corrected chi connectivity index (χ3v) is 5.84. The second-order valence-corrected chi connectivity index (χ2v) is 8.15. The Bertz CT molecular complexity index is 1160.